The van der Waals surface area contributed by atoms with Gasteiger partial charge in [-0.25, -0.2) is 0 Å². The number of aryl methyl sites for hydroxylation is 1. The van der Waals surface area contributed by atoms with Gasteiger partial charge in [0, 0.05) is 5.69 Å². The fraction of sp³-hybridized carbons (Fsp3) is 0.273. The number of aromatic nitrogens is 3. The first-order chi connectivity index (χ1) is 6.88. The molecule has 0 saturated carbocycles. The van der Waals surface area contributed by atoms with Gasteiger partial charge < -0.3 is 0 Å². The zero-order chi connectivity index (χ0) is 10.4. The molecule has 0 radical (unpaired) electrons. The van der Waals surface area contributed by atoms with Crippen LogP contribution in [0.2, 0.25) is 0 Å². The molecular formula is C11H15N3. The van der Waals surface area contributed by atoms with Crippen LogP contribution in [0.5, 0.6) is 0 Å². The van der Waals surface area contributed by atoms with Gasteiger partial charge in [0.1, 0.15) is 12.2 Å². The molecule has 2 aromatic rings. The molecule has 1 aromatic carbocycles. The van der Waals surface area contributed by atoms with Crippen molar-refractivity contribution in [3.05, 3.63) is 42.5 Å². The molecule has 3 nitrogen and oxygen atoms in total. The van der Waals surface area contributed by atoms with E-state index in [0.717, 1.165) is 11.5 Å². The summed E-state index contributed by atoms with van der Waals surface area (Å²) in [6, 6.07) is 10.0. The highest BCUT2D eigenvalue weighted by atomic mass is 15.3. The van der Waals surface area contributed by atoms with Crippen molar-refractivity contribution in [1.29, 1.82) is 0 Å². The van der Waals surface area contributed by atoms with Crippen LogP contribution in [0.4, 0.5) is 0 Å². The van der Waals surface area contributed by atoms with Crippen molar-refractivity contribution in [1.82, 2.24) is 14.8 Å². The molecule has 0 amide bonds. The first-order valence-electron chi connectivity index (χ1n) is 4.80. The van der Waals surface area contributed by atoms with Crippen LogP contribution in [0.15, 0.2) is 36.7 Å². The molecule has 0 fully saturated rings. The van der Waals surface area contributed by atoms with Crippen LogP contribution in [0.3, 0.4) is 0 Å². The average molecular weight is 189 g/mol. The molecule has 0 atom stereocenters. The van der Waals surface area contributed by atoms with E-state index in [4.69, 9.17) is 0 Å². The molecule has 0 saturated heterocycles. The molecular weight excluding hydrogens is 174 g/mol. The lowest BCUT2D eigenvalue weighted by Gasteiger charge is -2.01. The van der Waals surface area contributed by atoms with Crippen molar-refractivity contribution in [2.45, 2.75) is 20.8 Å². The maximum Gasteiger partial charge on any atom is 0.134 e. The SMILES string of the molecule is CC.Cc1nncn1-c1ccccc1. The molecule has 0 unspecified atom stereocenters. The normalized spacial score (nSPS) is 9.07. The largest absolute Gasteiger partial charge is 0.286 e. The first kappa shape index (κ1) is 10.4. The number of benzene rings is 1. The highest BCUT2D eigenvalue weighted by molar-refractivity contribution is 5.31. The van der Waals surface area contributed by atoms with Gasteiger partial charge in [0.05, 0.1) is 0 Å². The molecule has 0 aliphatic rings. The van der Waals surface area contributed by atoms with E-state index in [2.05, 4.69) is 10.2 Å². The zero-order valence-electron chi connectivity index (χ0n) is 8.81. The Bertz CT molecular complexity index is 365. The van der Waals surface area contributed by atoms with Crippen LogP contribution in [0, 0.1) is 6.92 Å². The predicted molar refractivity (Wildman–Crippen MR) is 57.4 cm³/mol. The summed E-state index contributed by atoms with van der Waals surface area (Å²) >= 11 is 0. The highest BCUT2D eigenvalue weighted by Gasteiger charge is 1.98. The Labute approximate surface area is 84.4 Å². The number of hydrogen-bond donors (Lipinski definition) is 0. The van der Waals surface area contributed by atoms with Gasteiger partial charge in [-0.05, 0) is 19.1 Å². The lowest BCUT2D eigenvalue weighted by Crippen LogP contribution is -1.93. The second-order valence-corrected chi connectivity index (χ2v) is 2.58. The zero-order valence-corrected chi connectivity index (χ0v) is 8.81. The molecule has 0 spiro atoms. The minimum atomic E-state index is 0.904. The van der Waals surface area contributed by atoms with Crippen molar-refractivity contribution in [3.63, 3.8) is 0 Å². The maximum atomic E-state index is 3.91. The summed E-state index contributed by atoms with van der Waals surface area (Å²) in [7, 11) is 0. The topological polar surface area (TPSA) is 30.7 Å². The predicted octanol–water partition coefficient (Wildman–Crippen LogP) is 2.60. The Morgan fingerprint density at radius 2 is 1.71 bits per heavy atom. The number of nitrogens with zero attached hydrogens (tertiary/aromatic N) is 3. The van der Waals surface area contributed by atoms with Gasteiger partial charge in [-0.2, -0.15) is 0 Å². The van der Waals surface area contributed by atoms with Crippen LogP contribution in [-0.2, 0) is 0 Å². The minimum Gasteiger partial charge on any atom is -0.286 e. The summed E-state index contributed by atoms with van der Waals surface area (Å²) in [4.78, 5) is 0. The van der Waals surface area contributed by atoms with Crippen molar-refractivity contribution in [3.8, 4) is 5.69 Å². The monoisotopic (exact) mass is 189 g/mol. The van der Waals surface area contributed by atoms with E-state index in [0.29, 0.717) is 0 Å². The van der Waals surface area contributed by atoms with Crippen LogP contribution in [0.1, 0.15) is 19.7 Å². The Balaban J connectivity index is 0.000000461. The van der Waals surface area contributed by atoms with E-state index in [1.165, 1.54) is 0 Å². The fourth-order valence-corrected chi connectivity index (χ4v) is 1.13. The van der Waals surface area contributed by atoms with Gasteiger partial charge in [-0.15, -0.1) is 10.2 Å². The smallest absolute Gasteiger partial charge is 0.134 e. The van der Waals surface area contributed by atoms with Gasteiger partial charge in [-0.3, -0.25) is 4.57 Å². The molecule has 0 bridgehead atoms. The Kier molecular flexibility index (Phi) is 3.85. The van der Waals surface area contributed by atoms with Crippen LogP contribution in [-0.4, -0.2) is 14.8 Å². The van der Waals surface area contributed by atoms with Crippen LogP contribution < -0.4 is 0 Å². The fourth-order valence-electron chi connectivity index (χ4n) is 1.13. The van der Waals surface area contributed by atoms with E-state index < -0.39 is 0 Å². The molecule has 0 aliphatic carbocycles. The highest BCUT2D eigenvalue weighted by Crippen LogP contribution is 2.06. The summed E-state index contributed by atoms with van der Waals surface area (Å²) in [6.07, 6.45) is 1.71. The molecule has 14 heavy (non-hydrogen) atoms. The van der Waals surface area contributed by atoms with Gasteiger partial charge in [-0.1, -0.05) is 32.0 Å². The second kappa shape index (κ2) is 5.17. The summed E-state index contributed by atoms with van der Waals surface area (Å²) < 4.78 is 1.94. The summed E-state index contributed by atoms with van der Waals surface area (Å²) in [5.74, 6) is 0.904. The summed E-state index contributed by atoms with van der Waals surface area (Å²) in [6.45, 7) is 5.93. The van der Waals surface area contributed by atoms with Gasteiger partial charge in [0.25, 0.3) is 0 Å². The van der Waals surface area contributed by atoms with Gasteiger partial charge >= 0.3 is 0 Å². The van der Waals surface area contributed by atoms with E-state index in [-0.39, 0.29) is 0 Å². The van der Waals surface area contributed by atoms with E-state index in [1.54, 1.807) is 6.33 Å². The summed E-state index contributed by atoms with van der Waals surface area (Å²) in [5, 5.41) is 7.72. The van der Waals surface area contributed by atoms with Gasteiger partial charge in [0.2, 0.25) is 0 Å². The number of hydrogen-bond acceptors (Lipinski definition) is 2. The third-order valence-electron chi connectivity index (χ3n) is 1.75. The lowest BCUT2D eigenvalue weighted by atomic mass is 10.3. The molecule has 1 heterocycles. The standard InChI is InChI=1S/C9H9N3.C2H6/c1-8-11-10-7-12(8)9-5-3-2-4-6-9;1-2/h2-7H,1H3;1-2H3. The minimum absolute atomic E-state index is 0.904. The second-order valence-electron chi connectivity index (χ2n) is 2.58. The first-order valence-corrected chi connectivity index (χ1v) is 4.80. The molecule has 74 valence electrons. The maximum absolute atomic E-state index is 3.91. The Morgan fingerprint density at radius 1 is 1.07 bits per heavy atom. The quantitative estimate of drug-likeness (QED) is 0.690. The van der Waals surface area contributed by atoms with E-state index in [1.807, 2.05) is 55.7 Å². The van der Waals surface area contributed by atoms with E-state index in [9.17, 15) is 0 Å². The number of rotatable bonds is 1. The lowest BCUT2D eigenvalue weighted by molar-refractivity contribution is 0.969. The van der Waals surface area contributed by atoms with E-state index >= 15 is 0 Å². The Hall–Kier alpha value is -1.64. The third kappa shape index (κ3) is 2.19. The van der Waals surface area contributed by atoms with Crippen LogP contribution in [0.25, 0.3) is 5.69 Å². The van der Waals surface area contributed by atoms with Crippen molar-refractivity contribution < 1.29 is 0 Å². The molecule has 2 rings (SSSR count). The summed E-state index contributed by atoms with van der Waals surface area (Å²) in [5.41, 5.74) is 1.10. The van der Waals surface area contributed by atoms with Crippen LogP contribution >= 0.6 is 0 Å². The Morgan fingerprint density at radius 3 is 2.21 bits per heavy atom. The van der Waals surface area contributed by atoms with Gasteiger partial charge in [0.15, 0.2) is 0 Å². The third-order valence-corrected chi connectivity index (χ3v) is 1.75. The average Bonchev–Trinajstić information content (AvgIpc) is 2.69. The molecule has 3 heteroatoms. The molecule has 1 aromatic heterocycles. The molecule has 0 N–H and O–H groups in total. The van der Waals surface area contributed by atoms with Crippen molar-refractivity contribution in [2.24, 2.45) is 0 Å². The molecule has 0 aliphatic heterocycles. The van der Waals surface area contributed by atoms with Crippen molar-refractivity contribution in [2.75, 3.05) is 0 Å². The number of para-hydroxylation sites is 1. The van der Waals surface area contributed by atoms with Crippen molar-refractivity contribution >= 4 is 0 Å².